The van der Waals surface area contributed by atoms with Crippen LogP contribution in [-0.2, 0) is 10.2 Å². The third-order valence-electron chi connectivity index (χ3n) is 3.58. The number of nitrogens with zero attached hydrogens (tertiary/aromatic N) is 2. The first-order valence-corrected chi connectivity index (χ1v) is 8.58. The Hall–Kier alpha value is -2.45. The molecule has 0 unspecified atom stereocenters. The van der Waals surface area contributed by atoms with Gasteiger partial charge >= 0.3 is 10.2 Å². The quantitative estimate of drug-likeness (QED) is 0.861. The van der Waals surface area contributed by atoms with Crippen LogP contribution < -0.4 is 14.3 Å². The van der Waals surface area contributed by atoms with Crippen LogP contribution in [0, 0.1) is 11.6 Å². The van der Waals surface area contributed by atoms with E-state index in [9.17, 15) is 17.2 Å². The zero-order valence-corrected chi connectivity index (χ0v) is 13.4. The van der Waals surface area contributed by atoms with Crippen LogP contribution in [0.25, 0.3) is 0 Å². The summed E-state index contributed by atoms with van der Waals surface area (Å²) < 4.78 is 55.2. The maximum Gasteiger partial charge on any atom is 0.331 e. The van der Waals surface area contributed by atoms with Gasteiger partial charge in [-0.3, -0.25) is 0 Å². The third-order valence-corrected chi connectivity index (χ3v) is 5.34. The molecule has 1 aliphatic heterocycles. The van der Waals surface area contributed by atoms with E-state index in [1.165, 1.54) is 0 Å². The van der Waals surface area contributed by atoms with Crippen LogP contribution in [0.4, 0.5) is 25.8 Å². The molecule has 0 amide bonds. The molecule has 5 nitrogen and oxygen atoms in total. The van der Waals surface area contributed by atoms with Crippen LogP contribution in [0.5, 0.6) is 0 Å². The van der Waals surface area contributed by atoms with Crippen molar-refractivity contribution < 1.29 is 17.2 Å². The predicted molar refractivity (Wildman–Crippen MR) is 89.4 cm³/mol. The average Bonchev–Trinajstić information content (AvgIpc) is 2.76. The fourth-order valence-corrected chi connectivity index (χ4v) is 4.23. The lowest BCUT2D eigenvalue weighted by molar-refractivity contribution is 0.579. The molecule has 0 bridgehead atoms. The molecule has 2 N–H and O–H groups in total. The number of rotatable bonds is 4. The Balaban J connectivity index is 2.15. The topological polar surface area (TPSA) is 66.6 Å². The van der Waals surface area contributed by atoms with E-state index in [1.807, 2.05) is 0 Å². The molecule has 0 fully saturated rings. The first-order chi connectivity index (χ1) is 11.5. The van der Waals surface area contributed by atoms with E-state index in [2.05, 4.69) is 0 Å². The molecular formula is C16H15F2N3O2S. The SMILES string of the molecule is NC/C=C/CN1c2ccccc2N(c2ccc(F)cc2F)S1(=O)=O. The molecule has 24 heavy (non-hydrogen) atoms. The summed E-state index contributed by atoms with van der Waals surface area (Å²) in [5.41, 5.74) is 5.88. The molecule has 0 aromatic heterocycles. The molecule has 0 saturated heterocycles. The predicted octanol–water partition coefficient (Wildman–Crippen LogP) is 2.68. The smallest absolute Gasteiger partial charge is 0.327 e. The highest BCUT2D eigenvalue weighted by atomic mass is 32.2. The van der Waals surface area contributed by atoms with Crippen LogP contribution in [0.3, 0.4) is 0 Å². The summed E-state index contributed by atoms with van der Waals surface area (Å²) in [5.74, 6) is -1.73. The van der Waals surface area contributed by atoms with Crippen LogP contribution in [-0.4, -0.2) is 21.5 Å². The molecule has 3 rings (SSSR count). The summed E-state index contributed by atoms with van der Waals surface area (Å²) in [6.07, 6.45) is 3.26. The number of anilines is 3. The molecular weight excluding hydrogens is 336 g/mol. The zero-order valence-electron chi connectivity index (χ0n) is 12.6. The first-order valence-electron chi connectivity index (χ1n) is 7.19. The molecule has 2 aromatic rings. The minimum absolute atomic E-state index is 0.0653. The molecule has 8 heteroatoms. The van der Waals surface area contributed by atoms with E-state index in [-0.39, 0.29) is 18.8 Å². The second-order valence-electron chi connectivity index (χ2n) is 5.09. The molecule has 2 aromatic carbocycles. The zero-order chi connectivity index (χ0) is 17.3. The number of hydrogen-bond acceptors (Lipinski definition) is 3. The Morgan fingerprint density at radius 1 is 1.00 bits per heavy atom. The van der Waals surface area contributed by atoms with Crippen molar-refractivity contribution in [1.29, 1.82) is 0 Å². The third kappa shape index (κ3) is 2.63. The van der Waals surface area contributed by atoms with Crippen molar-refractivity contribution in [3.05, 3.63) is 66.3 Å². The van der Waals surface area contributed by atoms with Crippen LogP contribution in [0.15, 0.2) is 54.6 Å². The van der Waals surface area contributed by atoms with Gasteiger partial charge in [0.25, 0.3) is 0 Å². The van der Waals surface area contributed by atoms with Gasteiger partial charge in [0.05, 0.1) is 23.6 Å². The number of fused-ring (bicyclic) bond motifs is 1. The minimum atomic E-state index is -4.04. The van der Waals surface area contributed by atoms with Gasteiger partial charge in [0.2, 0.25) is 0 Å². The van der Waals surface area contributed by atoms with E-state index in [0.717, 1.165) is 20.7 Å². The standard InChI is InChI=1S/C16H15F2N3O2S/c17-12-7-8-14(13(18)11-12)21-16-6-2-1-5-15(16)20(24(21,22)23)10-4-3-9-19/h1-8,11H,9-10,19H2/b4-3+. The van der Waals surface area contributed by atoms with Crippen molar-refractivity contribution >= 4 is 27.3 Å². The van der Waals surface area contributed by atoms with Gasteiger partial charge in [0, 0.05) is 12.6 Å². The minimum Gasteiger partial charge on any atom is -0.327 e. The molecule has 0 spiro atoms. The summed E-state index contributed by atoms with van der Waals surface area (Å²) in [6, 6.07) is 9.34. The van der Waals surface area contributed by atoms with Gasteiger partial charge in [-0.1, -0.05) is 24.3 Å². The molecule has 0 atom stereocenters. The van der Waals surface area contributed by atoms with E-state index in [0.29, 0.717) is 17.4 Å². The Morgan fingerprint density at radius 3 is 2.38 bits per heavy atom. The summed E-state index contributed by atoms with van der Waals surface area (Å²) in [5, 5.41) is 0. The highest BCUT2D eigenvalue weighted by molar-refractivity contribution is 7.95. The maximum atomic E-state index is 14.2. The largest absolute Gasteiger partial charge is 0.331 e. The lowest BCUT2D eigenvalue weighted by atomic mass is 10.2. The van der Waals surface area contributed by atoms with Gasteiger partial charge in [-0.2, -0.15) is 8.42 Å². The van der Waals surface area contributed by atoms with Crippen molar-refractivity contribution in [3.63, 3.8) is 0 Å². The van der Waals surface area contributed by atoms with Crippen molar-refractivity contribution in [3.8, 4) is 0 Å². The normalized spacial score (nSPS) is 16.0. The van der Waals surface area contributed by atoms with Crippen molar-refractivity contribution in [1.82, 2.24) is 0 Å². The second kappa shape index (κ2) is 6.21. The lowest BCUT2D eigenvalue weighted by Crippen LogP contribution is -2.35. The van der Waals surface area contributed by atoms with Gasteiger partial charge in [-0.05, 0) is 24.3 Å². The Labute approximate surface area is 138 Å². The van der Waals surface area contributed by atoms with E-state index in [4.69, 9.17) is 5.73 Å². The number of nitrogens with two attached hydrogens (primary N) is 1. The number of hydrogen-bond donors (Lipinski definition) is 1. The monoisotopic (exact) mass is 351 g/mol. The molecule has 126 valence electrons. The number of para-hydroxylation sites is 2. The average molecular weight is 351 g/mol. The van der Waals surface area contributed by atoms with E-state index in [1.54, 1.807) is 36.4 Å². The summed E-state index contributed by atoms with van der Waals surface area (Å²) in [4.78, 5) is 0. The van der Waals surface area contributed by atoms with Crippen LogP contribution in [0.2, 0.25) is 0 Å². The van der Waals surface area contributed by atoms with Gasteiger partial charge < -0.3 is 5.73 Å². The first kappa shape index (κ1) is 16.4. The van der Waals surface area contributed by atoms with Crippen LogP contribution >= 0.6 is 0 Å². The Morgan fingerprint density at radius 2 is 1.71 bits per heavy atom. The maximum absolute atomic E-state index is 14.2. The highest BCUT2D eigenvalue weighted by Gasteiger charge is 2.41. The van der Waals surface area contributed by atoms with Gasteiger partial charge in [0.15, 0.2) is 5.82 Å². The lowest BCUT2D eigenvalue weighted by Gasteiger charge is -2.21. The Kier molecular flexibility index (Phi) is 4.25. The van der Waals surface area contributed by atoms with Crippen molar-refractivity contribution in [2.45, 2.75) is 0 Å². The van der Waals surface area contributed by atoms with E-state index >= 15 is 0 Å². The summed E-state index contributed by atoms with van der Waals surface area (Å²) >= 11 is 0. The fourth-order valence-electron chi connectivity index (χ4n) is 2.55. The molecule has 1 heterocycles. The number of benzene rings is 2. The van der Waals surface area contributed by atoms with Gasteiger partial charge in [0.1, 0.15) is 5.82 Å². The summed E-state index contributed by atoms with van der Waals surface area (Å²) in [6.45, 7) is 0.349. The second-order valence-corrected chi connectivity index (χ2v) is 6.80. The molecule has 0 radical (unpaired) electrons. The fraction of sp³-hybridized carbons (Fsp3) is 0.125. The molecule has 1 aliphatic rings. The van der Waals surface area contributed by atoms with Crippen molar-refractivity contribution in [2.24, 2.45) is 5.73 Å². The number of halogens is 2. The van der Waals surface area contributed by atoms with E-state index < -0.39 is 21.8 Å². The van der Waals surface area contributed by atoms with Crippen molar-refractivity contribution in [2.75, 3.05) is 21.7 Å². The molecule has 0 saturated carbocycles. The molecule has 0 aliphatic carbocycles. The van der Waals surface area contributed by atoms with Gasteiger partial charge in [-0.25, -0.2) is 17.4 Å². The van der Waals surface area contributed by atoms with Crippen LogP contribution in [0.1, 0.15) is 0 Å². The highest BCUT2D eigenvalue weighted by Crippen LogP contribution is 2.45. The summed E-state index contributed by atoms with van der Waals surface area (Å²) in [7, 11) is -4.04. The Bertz CT molecular complexity index is 900. The van der Waals surface area contributed by atoms with Gasteiger partial charge in [-0.15, -0.1) is 0 Å².